The van der Waals surface area contributed by atoms with Crippen LogP contribution in [0.1, 0.15) is 11.3 Å². The van der Waals surface area contributed by atoms with Crippen molar-refractivity contribution in [2.45, 2.75) is 4.90 Å². The highest BCUT2D eigenvalue weighted by Gasteiger charge is 2.11. The molecule has 0 unspecified atom stereocenters. The van der Waals surface area contributed by atoms with E-state index in [0.29, 0.717) is 0 Å². The number of amidine groups is 1. The number of hydrazone groups is 1. The summed E-state index contributed by atoms with van der Waals surface area (Å²) >= 11 is 1.68. The minimum absolute atomic E-state index is 0.104. The molecule has 0 aliphatic heterocycles. The standard InChI is InChI=1S/C11H12N6OS/c1-19-8-4-2-7(3-5-8)6-14-15-10(12)9-11(13)17-18-16-9/h2-6H,1H3,(H2,12,15)(H2,13,17)/p+1. The third-order valence-corrected chi connectivity index (χ3v) is 3.03. The summed E-state index contributed by atoms with van der Waals surface area (Å²) in [5.74, 6) is 0.211. The number of anilines is 1. The molecule has 0 atom stereocenters. The molecule has 0 fully saturated rings. The van der Waals surface area contributed by atoms with Gasteiger partial charge in [-0.15, -0.1) is 16.9 Å². The molecule has 1 heterocycles. The summed E-state index contributed by atoms with van der Waals surface area (Å²) in [4.78, 5) is 1.20. The van der Waals surface area contributed by atoms with Crippen LogP contribution in [0.5, 0.6) is 0 Å². The summed E-state index contributed by atoms with van der Waals surface area (Å²) in [5, 5.41) is 13.6. The summed E-state index contributed by atoms with van der Waals surface area (Å²) in [6.07, 6.45) is 3.74. The molecule has 19 heavy (non-hydrogen) atoms. The predicted octanol–water partition coefficient (Wildman–Crippen LogP) is -0.806. The molecule has 0 bridgehead atoms. The Morgan fingerprint density at radius 1 is 1.37 bits per heavy atom. The van der Waals surface area contributed by atoms with Crippen LogP contribution in [0.4, 0.5) is 5.82 Å². The van der Waals surface area contributed by atoms with Gasteiger partial charge in [0.05, 0.1) is 0 Å². The molecular weight excluding hydrogens is 264 g/mol. The minimum atomic E-state index is 0.104. The average molecular weight is 277 g/mol. The Labute approximate surface area is 113 Å². The summed E-state index contributed by atoms with van der Waals surface area (Å²) in [6.45, 7) is 0. The van der Waals surface area contributed by atoms with E-state index < -0.39 is 0 Å². The van der Waals surface area contributed by atoms with Gasteiger partial charge in [-0.25, -0.2) is 4.63 Å². The first-order valence-corrected chi connectivity index (χ1v) is 6.57. The van der Waals surface area contributed by atoms with Crippen LogP contribution in [0.25, 0.3) is 0 Å². The van der Waals surface area contributed by atoms with Gasteiger partial charge in [-0.2, -0.15) is 0 Å². The molecule has 0 saturated heterocycles. The number of thioether (sulfide) groups is 1. The number of benzene rings is 1. The lowest BCUT2D eigenvalue weighted by atomic mass is 10.2. The Morgan fingerprint density at radius 3 is 2.68 bits per heavy atom. The fraction of sp³-hybridized carbons (Fsp3) is 0.0909. The largest absolute Gasteiger partial charge is 0.379 e. The van der Waals surface area contributed by atoms with Crippen LogP contribution >= 0.6 is 11.8 Å². The SMILES string of the molecule is CSc1ccc(C=[NH+]N=C(N)c2nonc2N)cc1. The van der Waals surface area contributed by atoms with Crippen LogP contribution in [0.2, 0.25) is 0 Å². The zero-order valence-electron chi connectivity index (χ0n) is 10.2. The van der Waals surface area contributed by atoms with Gasteiger partial charge in [-0.05, 0) is 40.8 Å². The monoisotopic (exact) mass is 277 g/mol. The third-order valence-electron chi connectivity index (χ3n) is 2.29. The quantitative estimate of drug-likeness (QED) is 0.291. The van der Waals surface area contributed by atoms with Gasteiger partial charge in [-0.3, -0.25) is 0 Å². The first-order valence-electron chi connectivity index (χ1n) is 5.35. The molecule has 0 aliphatic rings. The molecule has 0 spiro atoms. The molecule has 0 aliphatic carbocycles. The molecule has 2 rings (SSSR count). The van der Waals surface area contributed by atoms with E-state index in [4.69, 9.17) is 11.5 Å². The Morgan fingerprint density at radius 2 is 2.11 bits per heavy atom. The van der Waals surface area contributed by atoms with Crippen molar-refractivity contribution in [3.05, 3.63) is 35.5 Å². The molecule has 1 aromatic heterocycles. The molecule has 1 aromatic carbocycles. The highest BCUT2D eigenvalue weighted by atomic mass is 32.2. The normalized spacial score (nSPS) is 12.2. The fourth-order valence-electron chi connectivity index (χ4n) is 1.30. The van der Waals surface area contributed by atoms with Crippen molar-refractivity contribution in [3.8, 4) is 0 Å². The van der Waals surface area contributed by atoms with E-state index in [1.807, 2.05) is 30.5 Å². The lowest BCUT2D eigenvalue weighted by molar-refractivity contribution is -0.456. The Balaban J connectivity index is 2.08. The second-order valence-corrected chi connectivity index (χ2v) is 4.42. The van der Waals surface area contributed by atoms with Crippen molar-refractivity contribution in [1.29, 1.82) is 0 Å². The molecule has 7 nitrogen and oxygen atoms in total. The smallest absolute Gasteiger partial charge is 0.224 e. The van der Waals surface area contributed by atoms with Crippen LogP contribution < -0.4 is 16.6 Å². The van der Waals surface area contributed by atoms with Gasteiger partial charge in [0.15, 0.2) is 11.5 Å². The number of nitrogens with zero attached hydrogens (tertiary/aromatic N) is 3. The molecule has 2 aromatic rings. The van der Waals surface area contributed by atoms with Crippen molar-refractivity contribution in [1.82, 2.24) is 10.3 Å². The van der Waals surface area contributed by atoms with E-state index in [1.165, 1.54) is 4.90 Å². The Bertz CT molecular complexity index is 604. The number of aromatic nitrogens is 2. The maximum Gasteiger partial charge on any atom is 0.224 e. The van der Waals surface area contributed by atoms with Crippen molar-refractivity contribution >= 4 is 29.6 Å². The highest BCUT2D eigenvalue weighted by Crippen LogP contribution is 2.13. The number of hydrogen-bond donors (Lipinski definition) is 3. The predicted molar refractivity (Wildman–Crippen MR) is 73.8 cm³/mol. The van der Waals surface area contributed by atoms with Crippen LogP contribution in [0.15, 0.2) is 38.9 Å². The summed E-state index contributed by atoms with van der Waals surface area (Å²) in [5.41, 5.74) is 12.4. The van der Waals surface area contributed by atoms with Gasteiger partial charge in [-0.1, -0.05) is 0 Å². The summed E-state index contributed by atoms with van der Waals surface area (Å²) in [6, 6.07) is 7.97. The van der Waals surface area contributed by atoms with Crippen LogP contribution in [0.3, 0.4) is 0 Å². The zero-order valence-corrected chi connectivity index (χ0v) is 11.0. The van der Waals surface area contributed by atoms with Gasteiger partial charge in [0.1, 0.15) is 0 Å². The first-order chi connectivity index (χ1) is 9.20. The van der Waals surface area contributed by atoms with E-state index in [2.05, 4.69) is 25.1 Å². The van der Waals surface area contributed by atoms with Crippen LogP contribution in [-0.2, 0) is 0 Å². The molecule has 0 saturated carbocycles. The van der Waals surface area contributed by atoms with Crippen LogP contribution in [-0.4, -0.2) is 28.6 Å². The van der Waals surface area contributed by atoms with Crippen molar-refractivity contribution in [2.75, 3.05) is 12.0 Å². The number of hydrogen-bond acceptors (Lipinski definition) is 6. The first kappa shape index (κ1) is 13.1. The van der Waals surface area contributed by atoms with E-state index in [0.717, 1.165) is 5.56 Å². The fourth-order valence-corrected chi connectivity index (χ4v) is 1.71. The highest BCUT2D eigenvalue weighted by molar-refractivity contribution is 7.98. The van der Waals surface area contributed by atoms with Crippen molar-refractivity contribution < 1.29 is 9.73 Å². The number of nitrogens with two attached hydrogens (primary N) is 2. The van der Waals surface area contributed by atoms with Crippen LogP contribution in [0, 0.1) is 0 Å². The van der Waals surface area contributed by atoms with Gasteiger partial charge < -0.3 is 11.5 Å². The van der Waals surface area contributed by atoms with E-state index in [1.54, 1.807) is 18.0 Å². The second kappa shape index (κ2) is 6.01. The Hall–Kier alpha value is -2.35. The van der Waals surface area contributed by atoms with E-state index in [9.17, 15) is 0 Å². The third kappa shape index (κ3) is 3.32. The number of rotatable bonds is 4. The minimum Gasteiger partial charge on any atom is -0.379 e. The lowest BCUT2D eigenvalue weighted by Crippen LogP contribution is -2.63. The molecule has 0 amide bonds. The molecule has 5 N–H and O–H groups in total. The lowest BCUT2D eigenvalue weighted by Gasteiger charge is -1.93. The maximum atomic E-state index is 5.67. The summed E-state index contributed by atoms with van der Waals surface area (Å²) in [7, 11) is 0. The summed E-state index contributed by atoms with van der Waals surface area (Å²) < 4.78 is 4.43. The molecule has 0 radical (unpaired) electrons. The maximum absolute atomic E-state index is 5.67. The van der Waals surface area contributed by atoms with E-state index >= 15 is 0 Å². The number of nitrogen functional groups attached to an aromatic ring is 1. The Kier molecular flexibility index (Phi) is 4.14. The zero-order chi connectivity index (χ0) is 13.7. The average Bonchev–Trinajstić information content (AvgIpc) is 2.86. The van der Waals surface area contributed by atoms with Crippen molar-refractivity contribution in [3.63, 3.8) is 0 Å². The topological polar surface area (TPSA) is 117 Å². The van der Waals surface area contributed by atoms with Crippen molar-refractivity contribution in [2.24, 2.45) is 10.8 Å². The van der Waals surface area contributed by atoms with Gasteiger partial charge in [0.25, 0.3) is 0 Å². The molecule has 8 heteroatoms. The molecule has 98 valence electrons. The van der Waals surface area contributed by atoms with E-state index in [-0.39, 0.29) is 17.3 Å². The molecular formula is C11H13N6OS+. The van der Waals surface area contributed by atoms with Gasteiger partial charge in [0, 0.05) is 15.6 Å². The van der Waals surface area contributed by atoms with Gasteiger partial charge >= 0.3 is 0 Å². The van der Waals surface area contributed by atoms with Gasteiger partial charge in [0.2, 0.25) is 12.1 Å². The second-order valence-electron chi connectivity index (χ2n) is 3.54. The number of nitrogens with one attached hydrogen (secondary N) is 1.